The number of rotatable bonds is 4. The molecular formula is C25H35NO3S. The van der Waals surface area contributed by atoms with Crippen molar-refractivity contribution >= 4 is 28.9 Å². The first-order valence-corrected chi connectivity index (χ1v) is 12.2. The maximum atomic E-state index is 13.7. The monoisotopic (exact) mass is 429 g/mol. The Morgan fingerprint density at radius 1 is 1.07 bits per heavy atom. The van der Waals surface area contributed by atoms with Gasteiger partial charge in [0.1, 0.15) is 4.88 Å². The minimum Gasteiger partial charge on any atom is -0.477 e. The van der Waals surface area contributed by atoms with Gasteiger partial charge in [0, 0.05) is 17.4 Å². The second-order valence-corrected chi connectivity index (χ2v) is 11.1. The molecule has 0 atom stereocenters. The summed E-state index contributed by atoms with van der Waals surface area (Å²) in [5, 5.41) is 9.91. The number of nitrogens with zero attached hydrogens (tertiary/aromatic N) is 1. The highest BCUT2D eigenvalue weighted by Gasteiger charge is 2.36. The lowest BCUT2D eigenvalue weighted by Crippen LogP contribution is -2.46. The maximum absolute atomic E-state index is 13.7. The molecule has 2 fully saturated rings. The van der Waals surface area contributed by atoms with E-state index in [0.717, 1.165) is 56.2 Å². The zero-order chi connectivity index (χ0) is 21.9. The van der Waals surface area contributed by atoms with Crippen LogP contribution >= 0.6 is 11.3 Å². The molecule has 1 aromatic heterocycles. The summed E-state index contributed by atoms with van der Waals surface area (Å²) in [5.74, 6) is 6.19. The van der Waals surface area contributed by atoms with Gasteiger partial charge in [-0.3, -0.25) is 4.79 Å². The molecule has 1 N–H and O–H groups in total. The van der Waals surface area contributed by atoms with Gasteiger partial charge in [-0.15, -0.1) is 11.3 Å². The minimum atomic E-state index is -0.968. The fourth-order valence-corrected chi connectivity index (χ4v) is 5.40. The number of amides is 1. The predicted molar refractivity (Wildman–Crippen MR) is 123 cm³/mol. The second kappa shape index (κ2) is 9.56. The van der Waals surface area contributed by atoms with Crippen LogP contribution in [-0.2, 0) is 4.79 Å². The Morgan fingerprint density at radius 3 is 2.27 bits per heavy atom. The van der Waals surface area contributed by atoms with E-state index in [4.69, 9.17) is 0 Å². The normalized spacial score (nSPS) is 22.8. The molecule has 0 unspecified atom stereocenters. The van der Waals surface area contributed by atoms with Crippen LogP contribution in [0.4, 0.5) is 5.69 Å². The van der Waals surface area contributed by atoms with Gasteiger partial charge in [-0.1, -0.05) is 38.0 Å². The summed E-state index contributed by atoms with van der Waals surface area (Å²) in [5.41, 5.74) is 0.409. The molecule has 1 heterocycles. The molecule has 4 nitrogen and oxygen atoms in total. The van der Waals surface area contributed by atoms with E-state index < -0.39 is 5.97 Å². The number of carbonyl (C=O) groups excluding carboxylic acids is 1. The molecule has 30 heavy (non-hydrogen) atoms. The van der Waals surface area contributed by atoms with Gasteiger partial charge in [0.25, 0.3) is 0 Å². The quantitative estimate of drug-likeness (QED) is 0.569. The number of thiophene rings is 1. The van der Waals surface area contributed by atoms with E-state index in [1.165, 1.54) is 17.8 Å². The van der Waals surface area contributed by atoms with Crippen LogP contribution in [0.25, 0.3) is 0 Å². The van der Waals surface area contributed by atoms with Crippen molar-refractivity contribution in [2.24, 2.45) is 17.3 Å². The number of hydrogen-bond donors (Lipinski definition) is 1. The van der Waals surface area contributed by atoms with E-state index in [2.05, 4.69) is 18.8 Å². The summed E-state index contributed by atoms with van der Waals surface area (Å²) in [7, 11) is 0. The SMILES string of the molecule is CC(C)(C)C#Cc1cc(N(C(=O)[C@H]2CC[C@H](C)CC2)C2CCCCC2)c(C(=O)O)s1. The highest BCUT2D eigenvalue weighted by Crippen LogP contribution is 2.38. The lowest BCUT2D eigenvalue weighted by molar-refractivity contribution is -0.124. The van der Waals surface area contributed by atoms with Gasteiger partial charge in [-0.25, -0.2) is 4.79 Å². The Kier molecular flexibility index (Phi) is 7.29. The summed E-state index contributed by atoms with van der Waals surface area (Å²) in [6.07, 6.45) is 9.26. The standard InChI is InChI=1S/C25H35NO3S/c1-17-10-12-18(13-11-17)23(27)26(19-8-6-5-7-9-19)21-16-20(14-15-25(2,3)4)30-22(21)24(28)29/h16-19H,5-13H2,1-4H3,(H,28,29)/t17-,18-. The van der Waals surface area contributed by atoms with Crippen LogP contribution in [-0.4, -0.2) is 23.0 Å². The van der Waals surface area contributed by atoms with Crippen LogP contribution in [0.1, 0.15) is 100 Å². The summed E-state index contributed by atoms with van der Waals surface area (Å²) >= 11 is 1.20. The van der Waals surface area contributed by atoms with Crippen LogP contribution < -0.4 is 4.90 Å². The predicted octanol–water partition coefficient (Wildman–Crippen LogP) is 6.34. The minimum absolute atomic E-state index is 0.00813. The molecule has 0 aromatic carbocycles. The second-order valence-electron chi connectivity index (χ2n) is 10.1. The van der Waals surface area contributed by atoms with Crippen LogP contribution in [0.15, 0.2) is 6.07 Å². The van der Waals surface area contributed by atoms with E-state index in [1.807, 2.05) is 31.7 Å². The van der Waals surface area contributed by atoms with Crippen LogP contribution in [0, 0.1) is 29.1 Å². The van der Waals surface area contributed by atoms with Gasteiger partial charge in [0.2, 0.25) is 5.91 Å². The maximum Gasteiger partial charge on any atom is 0.348 e. The van der Waals surface area contributed by atoms with Crippen LogP contribution in [0.2, 0.25) is 0 Å². The molecule has 0 radical (unpaired) electrons. The fourth-order valence-electron chi connectivity index (χ4n) is 4.56. The number of hydrogen-bond acceptors (Lipinski definition) is 3. The topological polar surface area (TPSA) is 57.6 Å². The number of carbonyl (C=O) groups is 2. The van der Waals surface area contributed by atoms with Gasteiger partial charge in [0.15, 0.2) is 0 Å². The molecule has 1 amide bonds. The Bertz CT molecular complexity index is 825. The van der Waals surface area contributed by atoms with E-state index >= 15 is 0 Å². The highest BCUT2D eigenvalue weighted by molar-refractivity contribution is 7.15. The van der Waals surface area contributed by atoms with Crippen molar-refractivity contribution in [3.63, 3.8) is 0 Å². The molecule has 2 aliphatic rings. The highest BCUT2D eigenvalue weighted by atomic mass is 32.1. The van der Waals surface area contributed by atoms with Gasteiger partial charge in [-0.2, -0.15) is 0 Å². The third-order valence-corrected chi connectivity index (χ3v) is 7.30. The molecule has 2 saturated carbocycles. The zero-order valence-electron chi connectivity index (χ0n) is 18.8. The number of anilines is 1. The largest absolute Gasteiger partial charge is 0.477 e. The van der Waals surface area contributed by atoms with Crippen LogP contribution in [0.3, 0.4) is 0 Å². The van der Waals surface area contributed by atoms with Crippen molar-refractivity contribution in [2.75, 3.05) is 4.90 Å². The van der Waals surface area contributed by atoms with Gasteiger partial charge < -0.3 is 10.0 Å². The van der Waals surface area contributed by atoms with E-state index in [9.17, 15) is 14.7 Å². The third kappa shape index (κ3) is 5.66. The van der Waals surface area contributed by atoms with Gasteiger partial charge in [-0.05, 0) is 71.3 Å². The van der Waals surface area contributed by atoms with E-state index in [0.29, 0.717) is 11.6 Å². The lowest BCUT2D eigenvalue weighted by Gasteiger charge is -2.38. The Labute approximate surface area is 185 Å². The van der Waals surface area contributed by atoms with E-state index in [1.54, 1.807) is 0 Å². The van der Waals surface area contributed by atoms with E-state index in [-0.39, 0.29) is 28.2 Å². The Hall–Kier alpha value is -1.80. The fraction of sp³-hybridized carbons (Fsp3) is 0.680. The lowest BCUT2D eigenvalue weighted by atomic mass is 9.81. The van der Waals surface area contributed by atoms with Crippen molar-refractivity contribution in [2.45, 2.75) is 91.5 Å². The van der Waals surface area contributed by atoms with Crippen LogP contribution in [0.5, 0.6) is 0 Å². The molecule has 164 valence electrons. The first-order chi connectivity index (χ1) is 14.2. The first kappa shape index (κ1) is 22.9. The number of carboxylic acid groups (broad SMARTS) is 1. The number of aromatic carboxylic acids is 1. The molecule has 0 bridgehead atoms. The van der Waals surface area contributed by atoms with Gasteiger partial charge >= 0.3 is 5.97 Å². The summed E-state index contributed by atoms with van der Waals surface area (Å²) in [6, 6.07) is 1.95. The van der Waals surface area contributed by atoms with Gasteiger partial charge in [0.05, 0.1) is 10.6 Å². The smallest absolute Gasteiger partial charge is 0.348 e. The molecule has 5 heteroatoms. The summed E-state index contributed by atoms with van der Waals surface area (Å²) < 4.78 is 0. The van der Waals surface area contributed by atoms with Crippen molar-refractivity contribution in [3.8, 4) is 11.8 Å². The molecular weight excluding hydrogens is 394 g/mol. The molecule has 0 spiro atoms. The summed E-state index contributed by atoms with van der Waals surface area (Å²) in [4.78, 5) is 28.6. The average Bonchev–Trinajstić information content (AvgIpc) is 3.12. The molecule has 0 aliphatic heterocycles. The Morgan fingerprint density at radius 2 is 1.70 bits per heavy atom. The molecule has 2 aliphatic carbocycles. The first-order valence-electron chi connectivity index (χ1n) is 11.4. The zero-order valence-corrected chi connectivity index (χ0v) is 19.6. The van der Waals surface area contributed by atoms with Crippen molar-refractivity contribution in [1.82, 2.24) is 0 Å². The molecule has 3 rings (SSSR count). The number of carboxylic acids is 1. The average molecular weight is 430 g/mol. The summed E-state index contributed by atoms with van der Waals surface area (Å²) in [6.45, 7) is 8.36. The van der Waals surface area contributed by atoms with Crippen molar-refractivity contribution in [3.05, 3.63) is 15.8 Å². The van der Waals surface area contributed by atoms with Crippen molar-refractivity contribution in [1.29, 1.82) is 0 Å². The molecule has 0 saturated heterocycles. The molecule has 1 aromatic rings. The Balaban J connectivity index is 1.99. The van der Waals surface area contributed by atoms with Crippen molar-refractivity contribution < 1.29 is 14.7 Å². The third-order valence-electron chi connectivity index (χ3n) is 6.27.